The molecule has 0 bridgehead atoms. The van der Waals surface area contributed by atoms with Gasteiger partial charge in [-0.15, -0.1) is 23.5 Å². The average Bonchev–Trinajstić information content (AvgIpc) is 3.18. The topological polar surface area (TPSA) is 55.4 Å². The fourth-order valence-corrected chi connectivity index (χ4v) is 5.47. The van der Waals surface area contributed by atoms with Crippen molar-refractivity contribution in [3.8, 4) is 0 Å². The molecule has 1 fully saturated rings. The SMILES string of the molecule is Cc1cccc(NC(=O)COC(=O)c2ccc(C3SCCS3)cc2)c1C. The molecule has 0 unspecified atom stereocenters. The summed E-state index contributed by atoms with van der Waals surface area (Å²) < 4.78 is 5.58. The molecule has 2 aromatic carbocycles. The Bertz CT molecular complexity index is 799. The highest BCUT2D eigenvalue weighted by atomic mass is 32.2. The Kier molecular flexibility index (Phi) is 6.27. The van der Waals surface area contributed by atoms with Gasteiger partial charge in [-0.25, -0.2) is 4.79 Å². The lowest BCUT2D eigenvalue weighted by atomic mass is 10.1. The zero-order chi connectivity index (χ0) is 18.5. The summed E-state index contributed by atoms with van der Waals surface area (Å²) in [7, 11) is 0. The first-order chi connectivity index (χ1) is 12.5. The minimum absolute atomic E-state index is 0.303. The largest absolute Gasteiger partial charge is 0.452 e. The Hall–Kier alpha value is -1.92. The Morgan fingerprint density at radius 2 is 1.77 bits per heavy atom. The van der Waals surface area contributed by atoms with E-state index >= 15 is 0 Å². The Morgan fingerprint density at radius 3 is 2.46 bits per heavy atom. The van der Waals surface area contributed by atoms with Crippen LogP contribution in [0.2, 0.25) is 0 Å². The second-order valence-electron chi connectivity index (χ2n) is 6.07. The van der Waals surface area contributed by atoms with E-state index in [0.29, 0.717) is 10.1 Å². The number of esters is 1. The molecule has 26 heavy (non-hydrogen) atoms. The Labute approximate surface area is 162 Å². The van der Waals surface area contributed by atoms with Gasteiger partial charge < -0.3 is 10.1 Å². The van der Waals surface area contributed by atoms with Crippen molar-refractivity contribution < 1.29 is 14.3 Å². The number of amides is 1. The molecule has 4 nitrogen and oxygen atoms in total. The number of anilines is 1. The molecule has 1 amide bonds. The number of nitrogens with one attached hydrogen (secondary N) is 1. The van der Waals surface area contributed by atoms with Crippen LogP contribution in [-0.4, -0.2) is 30.0 Å². The van der Waals surface area contributed by atoms with Crippen LogP contribution < -0.4 is 5.32 Å². The van der Waals surface area contributed by atoms with E-state index in [4.69, 9.17) is 4.74 Å². The highest BCUT2D eigenvalue weighted by molar-refractivity contribution is 8.19. The first kappa shape index (κ1) is 18.9. The number of carbonyl (C=O) groups excluding carboxylic acids is 2. The van der Waals surface area contributed by atoms with Crippen molar-refractivity contribution in [2.24, 2.45) is 0 Å². The highest BCUT2D eigenvalue weighted by Gasteiger charge is 2.19. The van der Waals surface area contributed by atoms with Gasteiger partial charge in [0.05, 0.1) is 10.1 Å². The number of aryl methyl sites for hydroxylation is 1. The van der Waals surface area contributed by atoms with Gasteiger partial charge in [-0.2, -0.15) is 0 Å². The van der Waals surface area contributed by atoms with Crippen LogP contribution in [0.3, 0.4) is 0 Å². The van der Waals surface area contributed by atoms with Crippen LogP contribution in [0.5, 0.6) is 0 Å². The van der Waals surface area contributed by atoms with E-state index in [-0.39, 0.29) is 12.5 Å². The van der Waals surface area contributed by atoms with Crippen LogP contribution in [-0.2, 0) is 9.53 Å². The molecular weight excluding hydrogens is 366 g/mol. The van der Waals surface area contributed by atoms with Gasteiger partial charge in [0, 0.05) is 17.2 Å². The van der Waals surface area contributed by atoms with Gasteiger partial charge in [-0.1, -0.05) is 24.3 Å². The summed E-state index contributed by atoms with van der Waals surface area (Å²) in [6.07, 6.45) is 0. The molecule has 1 aliphatic heterocycles. The molecule has 0 atom stereocenters. The molecule has 1 aliphatic rings. The molecule has 1 heterocycles. The van der Waals surface area contributed by atoms with Crippen molar-refractivity contribution >= 4 is 41.1 Å². The van der Waals surface area contributed by atoms with Crippen LogP contribution in [0, 0.1) is 13.8 Å². The maximum absolute atomic E-state index is 12.1. The van der Waals surface area contributed by atoms with Crippen LogP contribution >= 0.6 is 23.5 Å². The molecular formula is C20H21NO3S2. The second-order valence-corrected chi connectivity index (χ2v) is 8.79. The van der Waals surface area contributed by atoms with E-state index in [2.05, 4.69) is 5.32 Å². The van der Waals surface area contributed by atoms with Gasteiger partial charge in [-0.05, 0) is 48.7 Å². The van der Waals surface area contributed by atoms with Crippen LogP contribution in [0.1, 0.15) is 31.6 Å². The third-order valence-corrected chi connectivity index (χ3v) is 7.36. The molecule has 0 aromatic heterocycles. The summed E-state index contributed by atoms with van der Waals surface area (Å²) in [5.41, 5.74) is 4.51. The predicted molar refractivity (Wildman–Crippen MR) is 109 cm³/mol. The van der Waals surface area contributed by atoms with E-state index in [1.807, 2.05) is 67.7 Å². The highest BCUT2D eigenvalue weighted by Crippen LogP contribution is 2.45. The van der Waals surface area contributed by atoms with Gasteiger partial charge >= 0.3 is 5.97 Å². The van der Waals surface area contributed by atoms with Crippen LogP contribution in [0.25, 0.3) is 0 Å². The molecule has 0 saturated carbocycles. The van der Waals surface area contributed by atoms with Crippen molar-refractivity contribution in [1.29, 1.82) is 0 Å². The molecule has 6 heteroatoms. The third kappa shape index (κ3) is 4.62. The van der Waals surface area contributed by atoms with Gasteiger partial charge in [0.15, 0.2) is 6.61 Å². The maximum atomic E-state index is 12.1. The number of ether oxygens (including phenoxy) is 1. The normalized spacial score (nSPS) is 14.2. The molecule has 3 rings (SSSR count). The summed E-state index contributed by atoms with van der Waals surface area (Å²) in [6.45, 7) is 3.62. The van der Waals surface area contributed by atoms with Gasteiger partial charge in [-0.3, -0.25) is 4.79 Å². The van der Waals surface area contributed by atoms with E-state index < -0.39 is 5.97 Å². The Morgan fingerprint density at radius 1 is 1.08 bits per heavy atom. The minimum Gasteiger partial charge on any atom is -0.452 e. The molecule has 0 spiro atoms. The van der Waals surface area contributed by atoms with Gasteiger partial charge in [0.1, 0.15) is 0 Å². The van der Waals surface area contributed by atoms with Crippen LogP contribution in [0.4, 0.5) is 5.69 Å². The minimum atomic E-state index is -0.487. The van der Waals surface area contributed by atoms with E-state index in [1.165, 1.54) is 5.56 Å². The summed E-state index contributed by atoms with van der Waals surface area (Å²) in [5.74, 6) is 1.49. The van der Waals surface area contributed by atoms with Crippen molar-refractivity contribution in [2.75, 3.05) is 23.4 Å². The number of carbonyl (C=O) groups is 2. The summed E-state index contributed by atoms with van der Waals surface area (Å²) >= 11 is 3.84. The first-order valence-electron chi connectivity index (χ1n) is 8.41. The number of hydrogen-bond acceptors (Lipinski definition) is 5. The number of hydrogen-bond donors (Lipinski definition) is 1. The molecule has 0 aliphatic carbocycles. The lowest BCUT2D eigenvalue weighted by Gasteiger charge is -2.11. The molecule has 1 N–H and O–H groups in total. The smallest absolute Gasteiger partial charge is 0.338 e. The standard InChI is InChI=1S/C20H21NO3S2/c1-13-4-3-5-17(14(13)2)21-18(22)12-24-19(23)15-6-8-16(9-7-15)20-25-10-11-26-20/h3-9,20H,10-12H2,1-2H3,(H,21,22). The van der Waals surface area contributed by atoms with Gasteiger partial charge in [0.25, 0.3) is 5.91 Å². The molecule has 136 valence electrons. The lowest BCUT2D eigenvalue weighted by molar-refractivity contribution is -0.119. The van der Waals surface area contributed by atoms with E-state index in [0.717, 1.165) is 28.3 Å². The predicted octanol–water partition coefficient (Wildman–Crippen LogP) is 4.58. The zero-order valence-electron chi connectivity index (χ0n) is 14.8. The summed E-state index contributed by atoms with van der Waals surface area (Å²) in [6, 6.07) is 13.1. The molecule has 1 saturated heterocycles. The summed E-state index contributed by atoms with van der Waals surface area (Å²) in [5, 5.41) is 2.78. The zero-order valence-corrected chi connectivity index (χ0v) is 16.4. The lowest BCUT2D eigenvalue weighted by Crippen LogP contribution is -2.21. The summed E-state index contributed by atoms with van der Waals surface area (Å²) in [4.78, 5) is 24.2. The fourth-order valence-electron chi connectivity index (χ4n) is 2.61. The molecule has 2 aromatic rings. The maximum Gasteiger partial charge on any atom is 0.338 e. The van der Waals surface area contributed by atoms with Crippen molar-refractivity contribution in [3.63, 3.8) is 0 Å². The third-order valence-electron chi connectivity index (χ3n) is 4.25. The molecule has 0 radical (unpaired) electrons. The number of benzene rings is 2. The van der Waals surface area contributed by atoms with Gasteiger partial charge in [0.2, 0.25) is 0 Å². The fraction of sp³-hybridized carbons (Fsp3) is 0.300. The van der Waals surface area contributed by atoms with E-state index in [9.17, 15) is 9.59 Å². The first-order valence-corrected chi connectivity index (χ1v) is 10.5. The number of thioether (sulfide) groups is 2. The average molecular weight is 388 g/mol. The Balaban J connectivity index is 1.53. The second kappa shape index (κ2) is 8.64. The monoisotopic (exact) mass is 387 g/mol. The van der Waals surface area contributed by atoms with Crippen LogP contribution in [0.15, 0.2) is 42.5 Å². The quantitative estimate of drug-likeness (QED) is 0.761. The van der Waals surface area contributed by atoms with Crippen molar-refractivity contribution in [1.82, 2.24) is 0 Å². The van der Waals surface area contributed by atoms with Crippen molar-refractivity contribution in [3.05, 3.63) is 64.7 Å². The number of rotatable bonds is 5. The van der Waals surface area contributed by atoms with E-state index in [1.54, 1.807) is 12.1 Å². The van der Waals surface area contributed by atoms with Crippen molar-refractivity contribution in [2.45, 2.75) is 18.4 Å².